The molecule has 0 spiro atoms. The molecule has 42 heavy (non-hydrogen) atoms. The zero-order valence-corrected chi connectivity index (χ0v) is 24.3. The minimum atomic E-state index is -1.10. The highest BCUT2D eigenvalue weighted by Crippen LogP contribution is 2.30. The summed E-state index contributed by atoms with van der Waals surface area (Å²) < 4.78 is 5.62. The first-order chi connectivity index (χ1) is 19.9. The molecule has 0 unspecified atom stereocenters. The lowest BCUT2D eigenvalue weighted by Crippen LogP contribution is -2.51. The zero-order valence-electron chi connectivity index (χ0n) is 24.3. The van der Waals surface area contributed by atoms with Gasteiger partial charge in [0.15, 0.2) is 0 Å². The van der Waals surface area contributed by atoms with Crippen LogP contribution < -0.4 is 38.6 Å². The quantitative estimate of drug-likeness (QED) is 0.183. The van der Waals surface area contributed by atoms with Crippen molar-refractivity contribution in [2.75, 3.05) is 5.32 Å². The highest BCUT2D eigenvalue weighted by molar-refractivity contribution is 6.62. The van der Waals surface area contributed by atoms with Crippen molar-refractivity contribution >= 4 is 36.0 Å². The molecule has 3 amide bonds. The Kier molecular flexibility index (Phi) is 10.4. The number of fused-ring (bicyclic) bond motifs is 1. The molecule has 1 aliphatic heterocycles. The molecular formula is C30H43BN6O5. The van der Waals surface area contributed by atoms with E-state index in [2.05, 4.69) is 16.0 Å². The van der Waals surface area contributed by atoms with Crippen LogP contribution in [0.15, 0.2) is 48.5 Å². The van der Waals surface area contributed by atoms with Crippen LogP contribution >= 0.6 is 0 Å². The van der Waals surface area contributed by atoms with Crippen LogP contribution in [0.4, 0.5) is 5.69 Å². The number of hydrogen-bond donors (Lipinski definition) is 7. The van der Waals surface area contributed by atoms with Crippen molar-refractivity contribution in [1.82, 2.24) is 10.6 Å². The van der Waals surface area contributed by atoms with Crippen LogP contribution in [0.3, 0.4) is 0 Å². The van der Waals surface area contributed by atoms with Crippen molar-refractivity contribution < 1.29 is 24.1 Å². The minimum absolute atomic E-state index is 0.0481. The van der Waals surface area contributed by atoms with Gasteiger partial charge in [-0.3, -0.25) is 14.4 Å². The fourth-order valence-electron chi connectivity index (χ4n) is 5.78. The van der Waals surface area contributed by atoms with Crippen molar-refractivity contribution in [3.63, 3.8) is 0 Å². The first-order valence-corrected chi connectivity index (χ1v) is 14.6. The maximum atomic E-state index is 13.4. The molecule has 0 radical (unpaired) electrons. The predicted octanol–water partition coefficient (Wildman–Crippen LogP) is 0.126. The number of benzene rings is 2. The molecule has 2 aliphatic rings. The summed E-state index contributed by atoms with van der Waals surface area (Å²) in [6.45, 7) is 3.73. The van der Waals surface area contributed by atoms with E-state index in [9.17, 15) is 19.4 Å². The molecule has 226 valence electrons. The monoisotopic (exact) mass is 578 g/mol. The van der Waals surface area contributed by atoms with E-state index >= 15 is 0 Å². The lowest BCUT2D eigenvalue weighted by atomic mass is 9.78. The van der Waals surface area contributed by atoms with Gasteiger partial charge in [0.2, 0.25) is 17.7 Å². The third-order valence-corrected chi connectivity index (χ3v) is 8.00. The summed E-state index contributed by atoms with van der Waals surface area (Å²) in [6.07, 6.45) is 3.13. The van der Waals surface area contributed by atoms with Crippen molar-refractivity contribution in [3.05, 3.63) is 59.7 Å². The van der Waals surface area contributed by atoms with Crippen molar-refractivity contribution in [2.45, 2.75) is 94.6 Å². The molecule has 11 nitrogen and oxygen atoms in total. The molecule has 1 fully saturated rings. The van der Waals surface area contributed by atoms with Gasteiger partial charge >= 0.3 is 7.12 Å². The number of amides is 3. The maximum Gasteiger partial charge on any atom is 0.492 e. The summed E-state index contributed by atoms with van der Waals surface area (Å²) in [5.41, 5.74) is 20.5. The van der Waals surface area contributed by atoms with Gasteiger partial charge in [-0.25, -0.2) is 0 Å². The Balaban J connectivity index is 1.36. The normalized spacial score (nSPS) is 22.5. The zero-order chi connectivity index (χ0) is 30.4. The van der Waals surface area contributed by atoms with Crippen LogP contribution in [0, 0.1) is 0 Å². The molecule has 0 saturated heterocycles. The number of aryl methyl sites for hydroxylation is 1. The van der Waals surface area contributed by atoms with E-state index in [4.69, 9.17) is 21.9 Å². The van der Waals surface area contributed by atoms with E-state index < -0.39 is 36.6 Å². The summed E-state index contributed by atoms with van der Waals surface area (Å²) in [5.74, 6) is -1.15. The maximum absolute atomic E-state index is 13.4. The smallest absolute Gasteiger partial charge is 0.423 e. The van der Waals surface area contributed by atoms with E-state index in [1.54, 1.807) is 12.1 Å². The van der Waals surface area contributed by atoms with Crippen LogP contribution in [-0.2, 0) is 31.1 Å². The fourth-order valence-corrected chi connectivity index (χ4v) is 5.78. The summed E-state index contributed by atoms with van der Waals surface area (Å²) in [7, 11) is -1.10. The number of hydrogen-bond acceptors (Lipinski definition) is 8. The largest absolute Gasteiger partial charge is 0.492 e. The van der Waals surface area contributed by atoms with E-state index in [-0.39, 0.29) is 36.9 Å². The van der Waals surface area contributed by atoms with Crippen LogP contribution in [-0.4, -0.2) is 60.1 Å². The predicted molar refractivity (Wildman–Crippen MR) is 162 cm³/mol. The molecule has 2 aromatic rings. The fraction of sp³-hybridized carbons (Fsp3) is 0.500. The Morgan fingerprint density at radius 1 is 1.02 bits per heavy atom. The van der Waals surface area contributed by atoms with Crippen molar-refractivity contribution in [2.24, 2.45) is 17.2 Å². The van der Waals surface area contributed by atoms with Gasteiger partial charge in [-0.05, 0) is 81.1 Å². The van der Waals surface area contributed by atoms with Crippen molar-refractivity contribution in [3.8, 4) is 0 Å². The summed E-state index contributed by atoms with van der Waals surface area (Å²) in [5, 5.41) is 18.9. The average Bonchev–Trinajstić information content (AvgIpc) is 3.16. The van der Waals surface area contributed by atoms with Gasteiger partial charge in [-0.2, -0.15) is 0 Å². The van der Waals surface area contributed by atoms with Gasteiger partial charge in [0.25, 0.3) is 0 Å². The average molecular weight is 579 g/mol. The molecule has 10 N–H and O–H groups in total. The minimum Gasteiger partial charge on any atom is -0.423 e. The molecule has 1 saturated carbocycles. The van der Waals surface area contributed by atoms with Gasteiger partial charge in [0.05, 0.1) is 11.6 Å². The summed E-state index contributed by atoms with van der Waals surface area (Å²) in [6, 6.07) is 12.8. The van der Waals surface area contributed by atoms with Gasteiger partial charge in [0.1, 0.15) is 6.04 Å². The second-order valence-electron chi connectivity index (χ2n) is 12.0. The Labute approximate surface area is 247 Å². The topological polar surface area (TPSA) is 195 Å². The lowest BCUT2D eigenvalue weighted by molar-refractivity contribution is -0.128. The number of nitrogens with one attached hydrogen (secondary N) is 3. The second kappa shape index (κ2) is 13.8. The number of nitrogens with two attached hydrogens (primary N) is 3. The Morgan fingerprint density at radius 2 is 1.71 bits per heavy atom. The first kappa shape index (κ1) is 31.6. The number of rotatable bonds is 11. The van der Waals surface area contributed by atoms with E-state index in [0.29, 0.717) is 36.8 Å². The van der Waals surface area contributed by atoms with Crippen LogP contribution in [0.25, 0.3) is 0 Å². The summed E-state index contributed by atoms with van der Waals surface area (Å²) in [4.78, 5) is 39.0. The Morgan fingerprint density at radius 3 is 2.40 bits per heavy atom. The van der Waals surface area contributed by atoms with Gasteiger partial charge in [0, 0.05) is 30.2 Å². The van der Waals surface area contributed by atoms with Crippen LogP contribution in [0.2, 0.25) is 0 Å². The van der Waals surface area contributed by atoms with Crippen LogP contribution in [0.1, 0.15) is 63.5 Å². The molecule has 12 heteroatoms. The SMILES string of the molecule is CC1(C)OB(O)c2cc(NC(=O)[C@@H](CCc3ccccc3)NC(=O)[C@@H](N)CCC(=O)N[C@@H]3C[C@H](N)C[C@H](N)C3)ccc21. The van der Waals surface area contributed by atoms with Gasteiger partial charge in [-0.1, -0.05) is 36.4 Å². The van der Waals surface area contributed by atoms with Gasteiger partial charge in [-0.15, -0.1) is 0 Å². The molecule has 0 bridgehead atoms. The Hall–Kier alpha value is -3.29. The molecule has 4 rings (SSSR count). The highest BCUT2D eigenvalue weighted by Gasteiger charge is 2.40. The first-order valence-electron chi connectivity index (χ1n) is 14.6. The molecule has 0 aromatic heterocycles. The third-order valence-electron chi connectivity index (χ3n) is 8.00. The molecule has 5 atom stereocenters. The molecule has 1 heterocycles. The van der Waals surface area contributed by atoms with E-state index in [0.717, 1.165) is 17.5 Å². The van der Waals surface area contributed by atoms with Crippen LogP contribution in [0.5, 0.6) is 0 Å². The highest BCUT2D eigenvalue weighted by atomic mass is 16.5. The second-order valence-corrected chi connectivity index (χ2v) is 12.0. The van der Waals surface area contributed by atoms with Gasteiger partial charge < -0.3 is 42.8 Å². The molecule has 1 aliphatic carbocycles. The standard InChI is InChI=1S/C30H43BN6O5/c1-30(2)23-10-9-21(17-24(23)31(41)42-30)36-29(40)26(12-8-18-6-4-3-5-7-18)37-28(39)25(34)11-13-27(38)35-22-15-19(32)14-20(33)16-22/h3-7,9-10,17,19-20,22,25-26,41H,8,11-16,32-34H2,1-2H3,(H,35,38)(H,36,40)(H,37,39)/t19-,20+,22-,25-,26+/m0/s1. The lowest BCUT2D eigenvalue weighted by Gasteiger charge is -2.31. The Bertz CT molecular complexity index is 1250. The molecule has 2 aromatic carbocycles. The van der Waals surface area contributed by atoms with E-state index in [1.165, 1.54) is 0 Å². The number of anilines is 1. The van der Waals surface area contributed by atoms with Crippen molar-refractivity contribution in [1.29, 1.82) is 0 Å². The van der Waals surface area contributed by atoms with E-state index in [1.807, 2.05) is 50.2 Å². The third kappa shape index (κ3) is 8.39. The number of carbonyl (C=O) groups excluding carboxylic acids is 3. The summed E-state index contributed by atoms with van der Waals surface area (Å²) >= 11 is 0. The molecular weight excluding hydrogens is 535 g/mol. The number of carbonyl (C=O) groups is 3.